The maximum absolute atomic E-state index is 10.1. The Bertz CT molecular complexity index is 1060. The molecule has 2 aliphatic rings. The van der Waals surface area contributed by atoms with Gasteiger partial charge in [-0.2, -0.15) is 0 Å². The summed E-state index contributed by atoms with van der Waals surface area (Å²) in [5, 5.41) is 21.6. The summed E-state index contributed by atoms with van der Waals surface area (Å²) in [6.45, 7) is 6.27. The van der Waals surface area contributed by atoms with E-state index in [1.165, 1.54) is 37.3 Å². The number of fused-ring (bicyclic) bond motifs is 1. The summed E-state index contributed by atoms with van der Waals surface area (Å²) in [5.74, 6) is 2.52. The number of hydrogen-bond donors (Lipinski definition) is 3. The fourth-order valence-corrected chi connectivity index (χ4v) is 4.75. The van der Waals surface area contributed by atoms with E-state index in [1.54, 1.807) is 24.3 Å². The van der Waals surface area contributed by atoms with Crippen molar-refractivity contribution in [1.82, 2.24) is 20.4 Å². The standard InChI is InChI=1S/C25H29N5O2/c26-25-24(11-22(28-29-25)21-3-1-2-4-23(21)31)32-10-9-17-5-7-18(8-6-17)14-30-15-19-12-27-13-20(19)16-30/h1-8,11,19-20,27,31H,9-10,12-16H2,(H2,26,29). The number of rotatable bonds is 7. The second-order valence-electron chi connectivity index (χ2n) is 8.78. The predicted molar refractivity (Wildman–Crippen MR) is 124 cm³/mol. The van der Waals surface area contributed by atoms with Gasteiger partial charge in [-0.1, -0.05) is 36.4 Å². The SMILES string of the molecule is Nc1nnc(-c2ccccc2O)cc1OCCc1ccc(CN2CC3CNCC3C2)cc1. The lowest BCUT2D eigenvalue weighted by molar-refractivity contribution is 0.305. The molecule has 2 aromatic carbocycles. The minimum atomic E-state index is 0.145. The fraction of sp³-hybridized carbons (Fsp3) is 0.360. The van der Waals surface area contributed by atoms with E-state index in [4.69, 9.17) is 10.5 Å². The van der Waals surface area contributed by atoms with E-state index in [9.17, 15) is 5.11 Å². The van der Waals surface area contributed by atoms with Crippen molar-refractivity contribution in [3.63, 3.8) is 0 Å². The number of phenols is 1. The molecule has 7 heteroatoms. The third-order valence-electron chi connectivity index (χ3n) is 6.51. The van der Waals surface area contributed by atoms with Crippen molar-refractivity contribution in [2.45, 2.75) is 13.0 Å². The van der Waals surface area contributed by atoms with Crippen LogP contribution in [-0.2, 0) is 13.0 Å². The zero-order chi connectivity index (χ0) is 21.9. The normalized spacial score (nSPS) is 20.4. The monoisotopic (exact) mass is 431 g/mol. The van der Waals surface area contributed by atoms with Gasteiger partial charge in [0.2, 0.25) is 0 Å². The molecule has 1 aromatic heterocycles. The summed E-state index contributed by atoms with van der Waals surface area (Å²) in [6.07, 6.45) is 0.771. The number of anilines is 1. The topological polar surface area (TPSA) is 96.5 Å². The Balaban J connectivity index is 1.15. The van der Waals surface area contributed by atoms with E-state index in [2.05, 4.69) is 44.7 Å². The molecule has 0 spiro atoms. The highest BCUT2D eigenvalue weighted by Gasteiger charge is 2.35. The molecule has 0 saturated carbocycles. The molecular formula is C25H29N5O2. The van der Waals surface area contributed by atoms with Crippen LogP contribution in [-0.4, -0.2) is 53.0 Å². The third-order valence-corrected chi connectivity index (χ3v) is 6.51. The smallest absolute Gasteiger partial charge is 0.188 e. The van der Waals surface area contributed by atoms with E-state index in [0.717, 1.165) is 24.8 Å². The molecule has 2 aliphatic heterocycles. The molecule has 2 unspecified atom stereocenters. The van der Waals surface area contributed by atoms with Gasteiger partial charge in [-0.25, -0.2) is 0 Å². The molecule has 2 saturated heterocycles. The molecule has 4 N–H and O–H groups in total. The van der Waals surface area contributed by atoms with Crippen LogP contribution in [0.15, 0.2) is 54.6 Å². The third kappa shape index (κ3) is 4.54. The van der Waals surface area contributed by atoms with Crippen molar-refractivity contribution in [3.8, 4) is 22.8 Å². The van der Waals surface area contributed by atoms with Gasteiger partial charge in [-0.3, -0.25) is 4.90 Å². The molecule has 32 heavy (non-hydrogen) atoms. The first-order chi connectivity index (χ1) is 15.7. The zero-order valence-corrected chi connectivity index (χ0v) is 18.1. The molecule has 166 valence electrons. The van der Waals surface area contributed by atoms with Crippen LogP contribution in [0.25, 0.3) is 11.3 Å². The molecule has 2 atom stereocenters. The second kappa shape index (κ2) is 9.14. The minimum absolute atomic E-state index is 0.145. The number of benzene rings is 2. The van der Waals surface area contributed by atoms with Crippen LogP contribution in [0.4, 0.5) is 5.82 Å². The first kappa shape index (κ1) is 20.7. The Morgan fingerprint density at radius 3 is 2.47 bits per heavy atom. The number of nitrogens with one attached hydrogen (secondary N) is 1. The number of phenolic OH excluding ortho intramolecular Hbond substituents is 1. The second-order valence-corrected chi connectivity index (χ2v) is 8.78. The molecule has 0 aliphatic carbocycles. The number of aromatic nitrogens is 2. The van der Waals surface area contributed by atoms with Gasteiger partial charge in [-0.05, 0) is 48.2 Å². The van der Waals surface area contributed by atoms with Crippen molar-refractivity contribution in [2.24, 2.45) is 11.8 Å². The zero-order valence-electron chi connectivity index (χ0n) is 18.1. The number of ether oxygens (including phenoxy) is 1. The number of hydrogen-bond acceptors (Lipinski definition) is 7. The number of likely N-dealkylation sites (tertiary alicyclic amines) is 1. The quantitative estimate of drug-likeness (QED) is 0.529. The Hall–Kier alpha value is -3.16. The number of nitrogens with two attached hydrogens (primary N) is 1. The highest BCUT2D eigenvalue weighted by molar-refractivity contribution is 5.68. The van der Waals surface area contributed by atoms with Crippen molar-refractivity contribution in [1.29, 1.82) is 0 Å². The largest absolute Gasteiger partial charge is 0.507 e. The Morgan fingerprint density at radius 2 is 1.72 bits per heavy atom. The number of nitrogen functional groups attached to an aromatic ring is 1. The van der Waals surface area contributed by atoms with Crippen LogP contribution >= 0.6 is 0 Å². The summed E-state index contributed by atoms with van der Waals surface area (Å²) in [4.78, 5) is 2.58. The molecule has 5 rings (SSSR count). The average molecular weight is 432 g/mol. The lowest BCUT2D eigenvalue weighted by Gasteiger charge is -2.17. The van der Waals surface area contributed by atoms with Crippen molar-refractivity contribution in [2.75, 3.05) is 38.5 Å². The highest BCUT2D eigenvalue weighted by Crippen LogP contribution is 2.31. The van der Waals surface area contributed by atoms with Crippen LogP contribution in [0.1, 0.15) is 11.1 Å². The first-order valence-electron chi connectivity index (χ1n) is 11.2. The molecule has 2 fully saturated rings. The van der Waals surface area contributed by atoms with Crippen LogP contribution in [0.5, 0.6) is 11.5 Å². The molecule has 0 radical (unpaired) electrons. The van der Waals surface area contributed by atoms with Gasteiger partial charge in [0.1, 0.15) is 11.4 Å². The summed E-state index contributed by atoms with van der Waals surface area (Å²) in [6, 6.07) is 17.5. The summed E-state index contributed by atoms with van der Waals surface area (Å²) < 4.78 is 5.90. The van der Waals surface area contributed by atoms with Crippen molar-refractivity contribution in [3.05, 3.63) is 65.7 Å². The Morgan fingerprint density at radius 1 is 1.00 bits per heavy atom. The highest BCUT2D eigenvalue weighted by atomic mass is 16.5. The van der Waals surface area contributed by atoms with Gasteiger partial charge in [-0.15, -0.1) is 10.2 Å². The van der Waals surface area contributed by atoms with E-state index < -0.39 is 0 Å². The van der Waals surface area contributed by atoms with E-state index in [1.807, 2.05) is 6.07 Å². The van der Waals surface area contributed by atoms with Crippen LogP contribution in [0, 0.1) is 11.8 Å². The lowest BCUT2D eigenvalue weighted by atomic mass is 10.0. The van der Waals surface area contributed by atoms with Gasteiger partial charge in [0.25, 0.3) is 0 Å². The van der Waals surface area contributed by atoms with E-state index >= 15 is 0 Å². The maximum atomic E-state index is 10.1. The van der Waals surface area contributed by atoms with Crippen LogP contribution in [0.3, 0.4) is 0 Å². The first-order valence-corrected chi connectivity index (χ1v) is 11.2. The van der Waals surface area contributed by atoms with Crippen molar-refractivity contribution >= 4 is 5.82 Å². The molecule has 3 aromatic rings. The minimum Gasteiger partial charge on any atom is -0.507 e. The summed E-state index contributed by atoms with van der Waals surface area (Å²) in [7, 11) is 0. The summed E-state index contributed by atoms with van der Waals surface area (Å²) >= 11 is 0. The summed E-state index contributed by atoms with van der Waals surface area (Å²) in [5.41, 5.74) is 9.65. The van der Waals surface area contributed by atoms with Gasteiger partial charge in [0.15, 0.2) is 11.6 Å². The Kier molecular flexibility index (Phi) is 5.92. The lowest BCUT2D eigenvalue weighted by Crippen LogP contribution is -2.25. The predicted octanol–water partition coefficient (Wildman–Crippen LogP) is 2.70. The van der Waals surface area contributed by atoms with Crippen LogP contribution in [0.2, 0.25) is 0 Å². The molecule has 0 bridgehead atoms. The molecular weight excluding hydrogens is 402 g/mol. The fourth-order valence-electron chi connectivity index (χ4n) is 4.75. The van der Waals surface area contributed by atoms with Gasteiger partial charge in [0.05, 0.1) is 6.61 Å². The van der Waals surface area contributed by atoms with E-state index in [-0.39, 0.29) is 11.6 Å². The van der Waals surface area contributed by atoms with Crippen molar-refractivity contribution < 1.29 is 9.84 Å². The number of nitrogens with zero attached hydrogens (tertiary/aromatic N) is 3. The van der Waals surface area contributed by atoms with Crippen LogP contribution < -0.4 is 15.8 Å². The maximum Gasteiger partial charge on any atom is 0.188 e. The molecule has 0 amide bonds. The van der Waals surface area contributed by atoms with Gasteiger partial charge < -0.3 is 20.9 Å². The number of aromatic hydroxyl groups is 1. The van der Waals surface area contributed by atoms with Gasteiger partial charge >= 0.3 is 0 Å². The molecule has 3 heterocycles. The van der Waals surface area contributed by atoms with E-state index in [0.29, 0.717) is 23.6 Å². The average Bonchev–Trinajstić information content (AvgIpc) is 3.39. The molecule has 7 nitrogen and oxygen atoms in total. The number of para-hydroxylation sites is 1. The van der Waals surface area contributed by atoms with Gasteiger partial charge in [0, 0.05) is 37.7 Å². The Labute approximate surface area is 188 Å².